The van der Waals surface area contributed by atoms with Crippen LogP contribution in [0.15, 0.2) is 0 Å². The first-order chi connectivity index (χ1) is 6.86. The molecule has 0 aromatic rings. The number of quaternary nitrogens is 1. The van der Waals surface area contributed by atoms with Crippen LogP contribution in [0.4, 0.5) is 0 Å². The fraction of sp³-hybridized carbons (Fsp3) is 1.00. The summed E-state index contributed by atoms with van der Waals surface area (Å²) in [6.07, 6.45) is 3.13. The van der Waals surface area contributed by atoms with E-state index in [2.05, 4.69) is 20.9 Å². The quantitative estimate of drug-likeness (QED) is 0.409. The van der Waals surface area contributed by atoms with Gasteiger partial charge in [0.25, 0.3) is 0 Å². The molecule has 0 aromatic heterocycles. The Morgan fingerprint density at radius 2 is 1.73 bits per heavy atom. The number of ether oxygens (including phenoxy) is 1. The zero-order valence-electron chi connectivity index (χ0n) is 9.64. The van der Waals surface area contributed by atoms with Crippen molar-refractivity contribution < 1.29 is 14.3 Å². The summed E-state index contributed by atoms with van der Waals surface area (Å²) in [6, 6.07) is 0. The van der Waals surface area contributed by atoms with E-state index >= 15 is 0 Å². The Kier molecular flexibility index (Phi) is 6.19. The van der Waals surface area contributed by atoms with Crippen molar-refractivity contribution in [2.24, 2.45) is 0 Å². The zero-order chi connectivity index (χ0) is 11.9. The van der Waals surface area contributed by atoms with Gasteiger partial charge in [-0.1, -0.05) is 0 Å². The third-order valence-electron chi connectivity index (χ3n) is 2.37. The Balaban J connectivity index is 0.000000423. The van der Waals surface area contributed by atoms with E-state index in [1.54, 1.807) is 0 Å². The third kappa shape index (κ3) is 8.14. The molecule has 0 atom stereocenters. The van der Waals surface area contributed by atoms with E-state index in [0.29, 0.717) is 6.10 Å². The lowest BCUT2D eigenvalue weighted by molar-refractivity contribution is -0.917. The van der Waals surface area contributed by atoms with Crippen LogP contribution in [0, 0.1) is 15.3 Å². The van der Waals surface area contributed by atoms with Crippen LogP contribution in [0.3, 0.4) is 0 Å². The highest BCUT2D eigenvalue weighted by atomic mass is 16.9. The van der Waals surface area contributed by atoms with Crippen molar-refractivity contribution in [2.75, 3.05) is 26.9 Å². The maximum atomic E-state index is 8.25. The smallest absolute Gasteiger partial charge is 0.183 e. The molecular weight excluding hydrogens is 200 g/mol. The van der Waals surface area contributed by atoms with Gasteiger partial charge in [0.15, 0.2) is 6.73 Å². The second kappa shape index (κ2) is 6.58. The molecule has 15 heavy (non-hydrogen) atoms. The van der Waals surface area contributed by atoms with Gasteiger partial charge < -0.3 is 24.5 Å². The molecule has 1 heterocycles. The molecule has 0 bridgehead atoms. The molecule has 0 N–H and O–H groups in total. The van der Waals surface area contributed by atoms with Gasteiger partial charge in [-0.15, -0.1) is 0 Å². The standard InChI is InChI=1S/C9H20NO.NO3/c1-9(2)11-8-10(3)6-4-5-7-10;2-1(3)4/h9H,4-8H2,1-3H3;/q+1;-1. The van der Waals surface area contributed by atoms with Crippen molar-refractivity contribution in [1.82, 2.24) is 0 Å². The van der Waals surface area contributed by atoms with Gasteiger partial charge in [0.2, 0.25) is 0 Å². The van der Waals surface area contributed by atoms with Gasteiger partial charge in [-0.2, -0.15) is 0 Å². The molecule has 1 fully saturated rings. The average molecular weight is 220 g/mol. The lowest BCUT2D eigenvalue weighted by atomic mass is 10.4. The SMILES string of the molecule is CC(C)OC[N+]1(C)CCCC1.O=[N+]([O-])[O-]. The summed E-state index contributed by atoms with van der Waals surface area (Å²) in [5.74, 6) is 0. The first-order valence-corrected chi connectivity index (χ1v) is 5.12. The van der Waals surface area contributed by atoms with E-state index in [4.69, 9.17) is 20.1 Å². The Bertz CT molecular complexity index is 187. The second-order valence-corrected chi connectivity index (χ2v) is 4.34. The minimum absolute atomic E-state index is 0.380. The molecular formula is C9H20N2O4. The summed E-state index contributed by atoms with van der Waals surface area (Å²) in [6.45, 7) is 7.70. The first kappa shape index (κ1) is 14.1. The molecule has 1 aliphatic heterocycles. The van der Waals surface area contributed by atoms with E-state index in [0.717, 1.165) is 11.2 Å². The van der Waals surface area contributed by atoms with Crippen molar-refractivity contribution in [3.8, 4) is 0 Å². The molecule has 0 radical (unpaired) electrons. The molecule has 0 saturated carbocycles. The van der Waals surface area contributed by atoms with E-state index in [1.807, 2.05) is 0 Å². The number of rotatable bonds is 3. The van der Waals surface area contributed by atoms with E-state index < -0.39 is 5.09 Å². The van der Waals surface area contributed by atoms with Crippen LogP contribution < -0.4 is 0 Å². The molecule has 1 rings (SSSR count). The predicted octanol–water partition coefficient (Wildman–Crippen LogP) is 1.37. The zero-order valence-corrected chi connectivity index (χ0v) is 9.64. The van der Waals surface area contributed by atoms with Crippen molar-refractivity contribution in [1.29, 1.82) is 0 Å². The maximum absolute atomic E-state index is 8.25. The molecule has 0 aromatic carbocycles. The highest BCUT2D eigenvalue weighted by molar-refractivity contribution is 4.49. The molecule has 0 unspecified atom stereocenters. The van der Waals surface area contributed by atoms with Crippen LogP contribution in [-0.4, -0.2) is 42.5 Å². The van der Waals surface area contributed by atoms with Crippen LogP contribution in [0.1, 0.15) is 26.7 Å². The lowest BCUT2D eigenvalue weighted by Crippen LogP contribution is -2.43. The van der Waals surface area contributed by atoms with Crippen LogP contribution in [-0.2, 0) is 4.74 Å². The van der Waals surface area contributed by atoms with Gasteiger partial charge in [-0.25, -0.2) is 0 Å². The minimum Gasteiger partial charge on any atom is -0.356 e. The van der Waals surface area contributed by atoms with Gasteiger partial charge in [-0.05, 0) is 13.8 Å². The molecule has 0 spiro atoms. The molecule has 0 amide bonds. The van der Waals surface area contributed by atoms with Gasteiger partial charge in [-0.3, -0.25) is 0 Å². The number of hydrogen-bond donors (Lipinski definition) is 0. The highest BCUT2D eigenvalue weighted by Crippen LogP contribution is 2.16. The summed E-state index contributed by atoms with van der Waals surface area (Å²) >= 11 is 0. The van der Waals surface area contributed by atoms with Gasteiger partial charge in [0.05, 0.1) is 31.3 Å². The fourth-order valence-electron chi connectivity index (χ4n) is 1.56. The maximum Gasteiger partial charge on any atom is 0.183 e. The van der Waals surface area contributed by atoms with Crippen LogP contribution in [0.25, 0.3) is 0 Å². The lowest BCUT2D eigenvalue weighted by Gasteiger charge is -2.29. The van der Waals surface area contributed by atoms with Crippen LogP contribution in [0.5, 0.6) is 0 Å². The van der Waals surface area contributed by atoms with Crippen molar-refractivity contribution in [3.05, 3.63) is 15.3 Å². The fourth-order valence-corrected chi connectivity index (χ4v) is 1.56. The number of nitrogens with zero attached hydrogens (tertiary/aromatic N) is 2. The monoisotopic (exact) mass is 220 g/mol. The number of hydrogen-bond acceptors (Lipinski definition) is 4. The summed E-state index contributed by atoms with van der Waals surface area (Å²) < 4.78 is 6.72. The number of likely N-dealkylation sites (tertiary alicyclic amines) is 1. The highest BCUT2D eigenvalue weighted by Gasteiger charge is 2.26. The van der Waals surface area contributed by atoms with E-state index in [9.17, 15) is 0 Å². The predicted molar refractivity (Wildman–Crippen MR) is 56.6 cm³/mol. The molecule has 0 aliphatic carbocycles. The topological polar surface area (TPSA) is 75.4 Å². The molecule has 90 valence electrons. The van der Waals surface area contributed by atoms with Gasteiger partial charge in [0.1, 0.15) is 0 Å². The third-order valence-corrected chi connectivity index (χ3v) is 2.37. The molecule has 1 saturated heterocycles. The summed E-state index contributed by atoms with van der Waals surface area (Å²) in [5.41, 5.74) is 0. The summed E-state index contributed by atoms with van der Waals surface area (Å²) in [5, 5.41) is 14.8. The Hall–Kier alpha value is -0.880. The van der Waals surface area contributed by atoms with Crippen LogP contribution >= 0.6 is 0 Å². The average Bonchev–Trinajstić information content (AvgIpc) is 2.49. The van der Waals surface area contributed by atoms with Gasteiger partial charge >= 0.3 is 0 Å². The molecule has 1 aliphatic rings. The van der Waals surface area contributed by atoms with Gasteiger partial charge in [0, 0.05) is 12.8 Å². The van der Waals surface area contributed by atoms with E-state index in [-0.39, 0.29) is 0 Å². The Morgan fingerprint density at radius 3 is 2.07 bits per heavy atom. The first-order valence-electron chi connectivity index (χ1n) is 5.12. The van der Waals surface area contributed by atoms with Crippen LogP contribution in [0.2, 0.25) is 0 Å². The minimum atomic E-state index is -1.75. The van der Waals surface area contributed by atoms with E-state index in [1.165, 1.54) is 25.9 Å². The summed E-state index contributed by atoms with van der Waals surface area (Å²) in [7, 11) is 2.29. The largest absolute Gasteiger partial charge is 0.356 e. The normalized spacial score (nSPS) is 18.4. The van der Waals surface area contributed by atoms with Crippen molar-refractivity contribution in [3.63, 3.8) is 0 Å². The van der Waals surface area contributed by atoms with Crippen molar-refractivity contribution >= 4 is 0 Å². The summed E-state index contributed by atoms with van der Waals surface area (Å²) in [4.78, 5) is 8.25. The second-order valence-electron chi connectivity index (χ2n) is 4.34. The molecule has 6 heteroatoms. The Labute approximate surface area is 90.1 Å². The Morgan fingerprint density at radius 1 is 1.33 bits per heavy atom. The molecule has 6 nitrogen and oxygen atoms in total. The van der Waals surface area contributed by atoms with Crippen molar-refractivity contribution in [2.45, 2.75) is 32.8 Å².